The van der Waals surface area contributed by atoms with E-state index in [0.717, 1.165) is 0 Å². The van der Waals surface area contributed by atoms with Gasteiger partial charge in [0.2, 0.25) is 0 Å². The largest absolute Gasteiger partial charge is 0.352 e. The van der Waals surface area contributed by atoms with Gasteiger partial charge in [0.1, 0.15) is 0 Å². The zero-order valence-electron chi connectivity index (χ0n) is 11.0. The monoisotopic (exact) mass is 289 g/mol. The molecule has 0 radical (unpaired) electrons. The summed E-state index contributed by atoms with van der Waals surface area (Å²) < 4.78 is 40.5. The summed E-state index contributed by atoms with van der Waals surface area (Å²) in [4.78, 5) is 15.0. The lowest BCUT2D eigenvalue weighted by atomic mass is 10.0. The summed E-state index contributed by atoms with van der Waals surface area (Å²) in [6, 6.07) is 9.52. The first-order valence-corrected chi connectivity index (χ1v) is 6.26. The van der Waals surface area contributed by atoms with E-state index in [1.165, 1.54) is 0 Å². The summed E-state index contributed by atoms with van der Waals surface area (Å²) in [5, 5.41) is -0.205. The Kier molecular flexibility index (Phi) is 3.05. The Labute approximate surface area is 117 Å². The summed E-state index contributed by atoms with van der Waals surface area (Å²) in [5.41, 5.74) is 0.513. The van der Waals surface area contributed by atoms with Crippen LogP contribution in [0.15, 0.2) is 41.2 Å². The number of fused-ring (bicyclic) bond motifs is 1. The minimum atomic E-state index is -1.60. The summed E-state index contributed by atoms with van der Waals surface area (Å²) in [6.07, 6.45) is 0. The number of benzene rings is 2. The third-order valence-electron chi connectivity index (χ3n) is 3.43. The lowest BCUT2D eigenvalue weighted by molar-refractivity contribution is 0.452. The van der Waals surface area contributed by atoms with Crippen LogP contribution in [0.1, 0.15) is 5.56 Å². The Bertz CT molecular complexity index is 901. The number of rotatable bonds is 1. The van der Waals surface area contributed by atoms with Gasteiger partial charge in [0.15, 0.2) is 22.9 Å². The molecule has 3 rings (SSSR count). The van der Waals surface area contributed by atoms with Crippen LogP contribution in [-0.4, -0.2) is 4.98 Å². The first-order chi connectivity index (χ1) is 10.0. The van der Waals surface area contributed by atoms with Crippen molar-refractivity contribution in [2.24, 2.45) is 0 Å². The number of hydrogen-bond donors (Lipinski definition) is 1. The van der Waals surface area contributed by atoms with Crippen LogP contribution >= 0.6 is 0 Å². The molecule has 0 saturated carbocycles. The maximum absolute atomic E-state index is 13.9. The maximum Gasteiger partial charge on any atom is 0.196 e. The van der Waals surface area contributed by atoms with Gasteiger partial charge in [0.25, 0.3) is 0 Å². The van der Waals surface area contributed by atoms with Crippen molar-refractivity contribution >= 4 is 10.9 Å². The van der Waals surface area contributed by atoms with E-state index in [0.29, 0.717) is 22.9 Å². The molecule has 1 heterocycles. The number of aromatic amines is 1. The van der Waals surface area contributed by atoms with E-state index in [-0.39, 0.29) is 10.9 Å². The van der Waals surface area contributed by atoms with Crippen molar-refractivity contribution in [3.05, 3.63) is 69.6 Å². The molecular weight excluding hydrogens is 279 g/mol. The van der Waals surface area contributed by atoms with Gasteiger partial charge in [-0.25, -0.2) is 13.2 Å². The summed E-state index contributed by atoms with van der Waals surface area (Å²) in [5.74, 6) is -4.36. The lowest BCUT2D eigenvalue weighted by Crippen LogP contribution is -2.12. The van der Waals surface area contributed by atoms with Gasteiger partial charge >= 0.3 is 0 Å². The molecule has 0 aliphatic heterocycles. The van der Waals surface area contributed by atoms with E-state index < -0.39 is 22.9 Å². The number of halogens is 3. The van der Waals surface area contributed by atoms with Crippen molar-refractivity contribution in [2.75, 3.05) is 0 Å². The summed E-state index contributed by atoms with van der Waals surface area (Å²) in [6.45, 7) is 1.56. The van der Waals surface area contributed by atoms with Crippen molar-refractivity contribution in [3.8, 4) is 11.3 Å². The topological polar surface area (TPSA) is 32.9 Å². The molecule has 1 N–H and O–H groups in total. The molecule has 0 aliphatic carbocycles. The van der Waals surface area contributed by atoms with Gasteiger partial charge in [-0.3, -0.25) is 4.79 Å². The number of pyridine rings is 1. The van der Waals surface area contributed by atoms with Crippen LogP contribution in [0.4, 0.5) is 13.2 Å². The summed E-state index contributed by atoms with van der Waals surface area (Å²) >= 11 is 0. The fourth-order valence-corrected chi connectivity index (χ4v) is 2.32. The smallest absolute Gasteiger partial charge is 0.196 e. The second-order valence-corrected chi connectivity index (χ2v) is 4.73. The molecule has 0 aliphatic rings. The minimum absolute atomic E-state index is 0.205. The molecule has 0 saturated heterocycles. The second-order valence-electron chi connectivity index (χ2n) is 4.73. The Morgan fingerprint density at radius 1 is 1.00 bits per heavy atom. The van der Waals surface area contributed by atoms with Crippen LogP contribution in [-0.2, 0) is 0 Å². The molecule has 106 valence electrons. The molecule has 5 heteroatoms. The quantitative estimate of drug-likeness (QED) is 0.677. The number of H-pyrrole nitrogens is 1. The standard InChI is InChI=1S/C16H10F3NO/c1-8-14(9-5-3-2-4-6-9)20-15-10(16(8)21)7-11(17)12(18)13(15)19/h2-7H,1H3,(H,20,21). The van der Waals surface area contributed by atoms with Gasteiger partial charge in [0, 0.05) is 5.56 Å². The Balaban J connectivity index is 2.45. The molecule has 1 aromatic heterocycles. The highest BCUT2D eigenvalue weighted by atomic mass is 19.2. The van der Waals surface area contributed by atoms with Crippen molar-refractivity contribution in [2.45, 2.75) is 6.92 Å². The average molecular weight is 289 g/mol. The predicted molar refractivity (Wildman–Crippen MR) is 74.6 cm³/mol. The normalized spacial score (nSPS) is 11.0. The van der Waals surface area contributed by atoms with E-state index in [2.05, 4.69) is 4.98 Å². The number of nitrogens with one attached hydrogen (secondary N) is 1. The molecule has 21 heavy (non-hydrogen) atoms. The van der Waals surface area contributed by atoms with Gasteiger partial charge in [-0.15, -0.1) is 0 Å². The molecular formula is C16H10F3NO. The average Bonchev–Trinajstić information content (AvgIpc) is 2.50. The van der Waals surface area contributed by atoms with Crippen molar-refractivity contribution in [1.29, 1.82) is 0 Å². The first kappa shape index (κ1) is 13.4. The van der Waals surface area contributed by atoms with Crippen molar-refractivity contribution in [1.82, 2.24) is 4.98 Å². The van der Waals surface area contributed by atoms with E-state index >= 15 is 0 Å². The lowest BCUT2D eigenvalue weighted by Gasteiger charge is -2.10. The van der Waals surface area contributed by atoms with Crippen molar-refractivity contribution < 1.29 is 13.2 Å². The fraction of sp³-hybridized carbons (Fsp3) is 0.0625. The predicted octanol–water partition coefficient (Wildman–Crippen LogP) is 3.92. The minimum Gasteiger partial charge on any atom is -0.352 e. The second kappa shape index (κ2) is 4.77. The molecule has 0 spiro atoms. The van der Waals surface area contributed by atoms with Crippen LogP contribution in [0.25, 0.3) is 22.2 Å². The SMILES string of the molecule is Cc1c(-c2ccccc2)[nH]c2c(F)c(F)c(F)cc2c1=O. The van der Waals surface area contributed by atoms with E-state index in [1.54, 1.807) is 37.3 Å². The van der Waals surface area contributed by atoms with Gasteiger partial charge in [-0.05, 0) is 18.6 Å². The zero-order chi connectivity index (χ0) is 15.1. The zero-order valence-corrected chi connectivity index (χ0v) is 11.0. The van der Waals surface area contributed by atoms with E-state index in [4.69, 9.17) is 0 Å². The molecule has 0 atom stereocenters. The van der Waals surface area contributed by atoms with Crippen molar-refractivity contribution in [3.63, 3.8) is 0 Å². The first-order valence-electron chi connectivity index (χ1n) is 6.26. The molecule has 0 amide bonds. The Morgan fingerprint density at radius 2 is 1.67 bits per heavy atom. The van der Waals surface area contributed by atoms with Crippen LogP contribution in [0.2, 0.25) is 0 Å². The number of hydrogen-bond acceptors (Lipinski definition) is 1. The molecule has 3 aromatic rings. The van der Waals surface area contributed by atoms with Crippen LogP contribution in [0.5, 0.6) is 0 Å². The van der Waals surface area contributed by atoms with E-state index in [9.17, 15) is 18.0 Å². The third kappa shape index (κ3) is 2.01. The van der Waals surface area contributed by atoms with Crippen LogP contribution in [0.3, 0.4) is 0 Å². The van der Waals surface area contributed by atoms with Gasteiger partial charge < -0.3 is 4.98 Å². The Morgan fingerprint density at radius 3 is 2.33 bits per heavy atom. The third-order valence-corrected chi connectivity index (χ3v) is 3.43. The molecule has 0 unspecified atom stereocenters. The molecule has 2 nitrogen and oxygen atoms in total. The van der Waals surface area contributed by atoms with Gasteiger partial charge in [0.05, 0.1) is 16.6 Å². The van der Waals surface area contributed by atoms with Gasteiger partial charge in [-0.2, -0.15) is 0 Å². The van der Waals surface area contributed by atoms with Crippen LogP contribution < -0.4 is 5.43 Å². The van der Waals surface area contributed by atoms with E-state index in [1.807, 2.05) is 0 Å². The van der Waals surface area contributed by atoms with Gasteiger partial charge in [-0.1, -0.05) is 30.3 Å². The highest BCUT2D eigenvalue weighted by Crippen LogP contribution is 2.25. The maximum atomic E-state index is 13.9. The molecule has 0 bridgehead atoms. The fourth-order valence-electron chi connectivity index (χ4n) is 2.32. The molecule has 2 aromatic carbocycles. The summed E-state index contributed by atoms with van der Waals surface area (Å²) in [7, 11) is 0. The number of aromatic nitrogens is 1. The highest BCUT2D eigenvalue weighted by Gasteiger charge is 2.18. The van der Waals surface area contributed by atoms with Crippen LogP contribution in [0, 0.1) is 24.4 Å². The highest BCUT2D eigenvalue weighted by molar-refractivity contribution is 5.83. The Hall–Kier alpha value is -2.56. The molecule has 0 fully saturated rings.